The molecule has 1 fully saturated rings. The average Bonchev–Trinajstić information content (AvgIpc) is 3.01. The van der Waals surface area contributed by atoms with Gasteiger partial charge in [-0.15, -0.1) is 0 Å². The Morgan fingerprint density at radius 2 is 1.90 bits per heavy atom. The topological polar surface area (TPSA) is 51.1 Å². The van der Waals surface area contributed by atoms with Crippen LogP contribution in [-0.4, -0.2) is 35.2 Å². The van der Waals surface area contributed by atoms with Gasteiger partial charge >= 0.3 is 0 Å². The summed E-state index contributed by atoms with van der Waals surface area (Å²) in [5, 5.41) is 0.811. The molecule has 1 aliphatic heterocycles. The van der Waals surface area contributed by atoms with Crippen LogP contribution in [0.4, 0.5) is 5.95 Å². The second-order valence-corrected chi connectivity index (χ2v) is 5.98. The van der Waals surface area contributed by atoms with Gasteiger partial charge < -0.3 is 9.64 Å². The van der Waals surface area contributed by atoms with Crippen LogP contribution in [0, 0.1) is 0 Å². The summed E-state index contributed by atoms with van der Waals surface area (Å²) in [4.78, 5) is 16.0. The lowest BCUT2D eigenvalue weighted by Gasteiger charge is -2.15. The largest absolute Gasteiger partial charge is 0.496 e. The van der Waals surface area contributed by atoms with Crippen LogP contribution in [0.25, 0.3) is 0 Å². The molecular weight excluding hydrogens is 308 g/mol. The van der Waals surface area contributed by atoms with Crippen molar-refractivity contribution in [3.05, 3.63) is 29.5 Å². The van der Waals surface area contributed by atoms with Gasteiger partial charge in [0, 0.05) is 13.1 Å². The number of hydrogen-bond donors (Lipinski definition) is 0. The second kappa shape index (κ2) is 6.49. The number of benzene rings is 1. The maximum atomic E-state index is 6.03. The fourth-order valence-electron chi connectivity index (χ4n) is 2.23. The number of methoxy groups -OCH3 is 1. The first-order valence-electron chi connectivity index (χ1n) is 6.73. The van der Waals surface area contributed by atoms with Crippen molar-refractivity contribution < 1.29 is 4.74 Å². The van der Waals surface area contributed by atoms with Crippen molar-refractivity contribution in [2.24, 2.45) is 0 Å². The van der Waals surface area contributed by atoms with E-state index in [1.54, 1.807) is 7.11 Å². The SMILES string of the molecule is COc1ccccc1Sc1nc(Cl)nc(N2CCCC2)n1. The summed E-state index contributed by atoms with van der Waals surface area (Å²) in [5.74, 6) is 1.45. The van der Waals surface area contributed by atoms with Crippen LogP contribution in [0.3, 0.4) is 0 Å². The quantitative estimate of drug-likeness (QED) is 0.861. The van der Waals surface area contributed by atoms with Crippen molar-refractivity contribution in [3.63, 3.8) is 0 Å². The van der Waals surface area contributed by atoms with Crippen molar-refractivity contribution >= 4 is 29.3 Å². The maximum absolute atomic E-state index is 6.03. The zero-order chi connectivity index (χ0) is 14.7. The number of halogens is 1. The van der Waals surface area contributed by atoms with Gasteiger partial charge in [-0.1, -0.05) is 12.1 Å². The first-order valence-corrected chi connectivity index (χ1v) is 7.93. The van der Waals surface area contributed by atoms with Gasteiger partial charge in [0.25, 0.3) is 0 Å². The summed E-state index contributed by atoms with van der Waals surface area (Å²) in [5.41, 5.74) is 0. The van der Waals surface area contributed by atoms with Gasteiger partial charge in [0.05, 0.1) is 12.0 Å². The Morgan fingerprint density at radius 1 is 1.14 bits per heavy atom. The summed E-state index contributed by atoms with van der Waals surface area (Å²) in [6.45, 7) is 1.94. The van der Waals surface area contributed by atoms with Gasteiger partial charge in [0.2, 0.25) is 11.2 Å². The summed E-state index contributed by atoms with van der Waals surface area (Å²) in [6.07, 6.45) is 2.33. The molecule has 110 valence electrons. The summed E-state index contributed by atoms with van der Waals surface area (Å²) in [6, 6.07) is 7.76. The molecule has 1 aromatic carbocycles. The number of ether oxygens (including phenoxy) is 1. The van der Waals surface area contributed by atoms with E-state index in [2.05, 4.69) is 19.9 Å². The maximum Gasteiger partial charge on any atom is 0.230 e. The van der Waals surface area contributed by atoms with E-state index in [9.17, 15) is 0 Å². The number of nitrogens with zero attached hydrogens (tertiary/aromatic N) is 4. The van der Waals surface area contributed by atoms with Gasteiger partial charge in [-0.25, -0.2) is 0 Å². The molecule has 21 heavy (non-hydrogen) atoms. The molecule has 0 amide bonds. The van der Waals surface area contributed by atoms with E-state index in [-0.39, 0.29) is 5.28 Å². The Balaban J connectivity index is 1.88. The third kappa shape index (κ3) is 3.39. The fourth-order valence-corrected chi connectivity index (χ4v) is 3.29. The molecule has 0 spiro atoms. The van der Waals surface area contributed by atoms with Gasteiger partial charge in [0.15, 0.2) is 5.16 Å². The first-order chi connectivity index (χ1) is 10.3. The molecule has 5 nitrogen and oxygen atoms in total. The molecular formula is C14H15ClN4OS. The van der Waals surface area contributed by atoms with Crippen LogP contribution in [0.5, 0.6) is 5.75 Å². The van der Waals surface area contributed by atoms with E-state index in [1.165, 1.54) is 11.8 Å². The zero-order valence-corrected chi connectivity index (χ0v) is 13.2. The first kappa shape index (κ1) is 14.4. The highest BCUT2D eigenvalue weighted by Crippen LogP contribution is 2.33. The molecule has 3 rings (SSSR count). The summed E-state index contributed by atoms with van der Waals surface area (Å²) in [7, 11) is 1.65. The third-order valence-corrected chi connectivity index (χ3v) is 4.33. The number of hydrogen-bond acceptors (Lipinski definition) is 6. The molecule has 0 aliphatic carbocycles. The zero-order valence-electron chi connectivity index (χ0n) is 11.6. The van der Waals surface area contributed by atoms with Crippen LogP contribution in [0.15, 0.2) is 34.3 Å². The number of anilines is 1. The third-order valence-electron chi connectivity index (χ3n) is 3.24. The van der Waals surface area contributed by atoms with Crippen LogP contribution in [0.2, 0.25) is 5.28 Å². The molecule has 0 atom stereocenters. The van der Waals surface area contributed by atoms with E-state index in [4.69, 9.17) is 16.3 Å². The minimum absolute atomic E-state index is 0.226. The molecule has 2 aromatic rings. The van der Waals surface area contributed by atoms with E-state index in [1.807, 2.05) is 24.3 Å². The van der Waals surface area contributed by atoms with Crippen LogP contribution in [0.1, 0.15) is 12.8 Å². The van der Waals surface area contributed by atoms with Gasteiger partial charge in [-0.05, 0) is 48.3 Å². The lowest BCUT2D eigenvalue weighted by molar-refractivity contribution is 0.405. The highest BCUT2D eigenvalue weighted by atomic mass is 35.5. The molecule has 1 aromatic heterocycles. The number of aromatic nitrogens is 3. The highest BCUT2D eigenvalue weighted by Gasteiger charge is 2.17. The number of para-hydroxylation sites is 1. The Morgan fingerprint density at radius 3 is 2.67 bits per heavy atom. The van der Waals surface area contributed by atoms with Crippen LogP contribution in [-0.2, 0) is 0 Å². The number of rotatable bonds is 4. The predicted octanol–water partition coefficient (Wildman–Crippen LogP) is 3.29. The van der Waals surface area contributed by atoms with E-state index in [0.29, 0.717) is 11.1 Å². The van der Waals surface area contributed by atoms with Gasteiger partial charge in [-0.3, -0.25) is 0 Å². The molecule has 0 unspecified atom stereocenters. The van der Waals surface area contributed by atoms with E-state index >= 15 is 0 Å². The molecule has 1 aliphatic rings. The Labute approximate surface area is 132 Å². The van der Waals surface area contributed by atoms with Crippen molar-refractivity contribution in [1.82, 2.24) is 15.0 Å². The van der Waals surface area contributed by atoms with Crippen LogP contribution >= 0.6 is 23.4 Å². The standard InChI is InChI=1S/C14H15ClN4OS/c1-20-10-6-2-3-7-11(10)21-14-17-12(15)16-13(18-14)19-8-4-5-9-19/h2-3,6-7H,4-5,8-9H2,1H3. The van der Waals surface area contributed by atoms with Gasteiger partial charge in [-0.2, -0.15) is 15.0 Å². The predicted molar refractivity (Wildman–Crippen MR) is 83.4 cm³/mol. The van der Waals surface area contributed by atoms with Crippen molar-refractivity contribution in [3.8, 4) is 5.75 Å². The minimum Gasteiger partial charge on any atom is -0.496 e. The lowest BCUT2D eigenvalue weighted by atomic mass is 10.3. The minimum atomic E-state index is 0.226. The normalized spacial score (nSPS) is 14.5. The smallest absolute Gasteiger partial charge is 0.230 e. The van der Waals surface area contributed by atoms with E-state index < -0.39 is 0 Å². The van der Waals surface area contributed by atoms with E-state index in [0.717, 1.165) is 36.6 Å². The molecule has 1 saturated heterocycles. The highest BCUT2D eigenvalue weighted by molar-refractivity contribution is 7.99. The summed E-state index contributed by atoms with van der Waals surface area (Å²) < 4.78 is 5.34. The average molecular weight is 323 g/mol. The lowest BCUT2D eigenvalue weighted by Crippen LogP contribution is -2.21. The Bertz CT molecular complexity index is 634. The second-order valence-electron chi connectivity index (χ2n) is 4.63. The Kier molecular flexibility index (Phi) is 4.45. The molecule has 0 radical (unpaired) electrons. The molecule has 0 saturated carbocycles. The van der Waals surface area contributed by atoms with Gasteiger partial charge in [0.1, 0.15) is 5.75 Å². The van der Waals surface area contributed by atoms with Crippen molar-refractivity contribution in [2.45, 2.75) is 22.9 Å². The van der Waals surface area contributed by atoms with Crippen molar-refractivity contribution in [2.75, 3.05) is 25.1 Å². The summed E-state index contributed by atoms with van der Waals surface area (Å²) >= 11 is 7.46. The fraction of sp³-hybridized carbons (Fsp3) is 0.357. The Hall–Kier alpha value is -1.53. The molecule has 2 heterocycles. The molecule has 7 heteroatoms. The molecule has 0 N–H and O–H groups in total. The monoisotopic (exact) mass is 322 g/mol. The van der Waals surface area contributed by atoms with Crippen LogP contribution < -0.4 is 9.64 Å². The van der Waals surface area contributed by atoms with Crippen molar-refractivity contribution in [1.29, 1.82) is 0 Å². The molecule has 0 bridgehead atoms.